The largest absolute Gasteiger partial charge is 0.376 e. The lowest BCUT2D eigenvalue weighted by Crippen LogP contribution is -2.30. The molecule has 9 heteroatoms. The minimum atomic E-state index is -0.241. The highest BCUT2D eigenvalue weighted by atomic mass is 32.2. The number of pyridine rings is 1. The normalized spacial score (nSPS) is 19.5. The molecule has 1 unspecified atom stereocenters. The number of ether oxygens (including phenoxy) is 1. The number of thioether (sulfide) groups is 1. The number of nitrogens with zero attached hydrogens (tertiary/aromatic N) is 3. The summed E-state index contributed by atoms with van der Waals surface area (Å²) in [5.74, 6) is 0.259. The molecule has 5 rings (SSSR count). The van der Waals surface area contributed by atoms with Gasteiger partial charge in [-0.3, -0.25) is 18.9 Å². The van der Waals surface area contributed by atoms with Crippen molar-refractivity contribution in [1.29, 1.82) is 0 Å². The van der Waals surface area contributed by atoms with Crippen LogP contribution < -0.4 is 10.9 Å². The maximum absolute atomic E-state index is 13.4. The molecule has 0 saturated carbocycles. The smallest absolute Gasteiger partial charge is 0.267 e. The first-order chi connectivity index (χ1) is 16.6. The number of anilines is 1. The average molecular weight is 493 g/mol. The number of thiocarbonyl (C=S) groups is 1. The number of amides is 1. The molecule has 7 nitrogen and oxygen atoms in total. The van der Waals surface area contributed by atoms with Gasteiger partial charge in [0.1, 0.15) is 15.8 Å². The summed E-state index contributed by atoms with van der Waals surface area (Å²) in [5, 5.41) is 3.29. The maximum Gasteiger partial charge on any atom is 0.267 e. The van der Waals surface area contributed by atoms with Gasteiger partial charge in [-0.2, -0.15) is 0 Å². The Hall–Kier alpha value is -3.01. The Labute approximate surface area is 206 Å². The minimum Gasteiger partial charge on any atom is -0.376 e. The fourth-order valence-corrected chi connectivity index (χ4v) is 5.38. The predicted octanol–water partition coefficient (Wildman–Crippen LogP) is 3.73. The summed E-state index contributed by atoms with van der Waals surface area (Å²) < 4.78 is 7.68. The summed E-state index contributed by atoms with van der Waals surface area (Å²) in [6.45, 7) is 1.79. The number of carbonyl (C=O) groups is 1. The number of carbonyl (C=O) groups excluding carboxylic acids is 1. The monoisotopic (exact) mass is 492 g/mol. The van der Waals surface area contributed by atoms with Crippen LogP contribution in [0.4, 0.5) is 5.82 Å². The van der Waals surface area contributed by atoms with Gasteiger partial charge in [-0.05, 0) is 43.0 Å². The Morgan fingerprint density at radius 1 is 1.18 bits per heavy atom. The Morgan fingerprint density at radius 3 is 2.79 bits per heavy atom. The van der Waals surface area contributed by atoms with Crippen LogP contribution in [0.25, 0.3) is 11.7 Å². The third-order valence-electron chi connectivity index (χ3n) is 5.91. The van der Waals surface area contributed by atoms with E-state index in [1.54, 1.807) is 29.3 Å². The van der Waals surface area contributed by atoms with Gasteiger partial charge in [0.25, 0.3) is 11.5 Å². The van der Waals surface area contributed by atoms with Gasteiger partial charge < -0.3 is 10.1 Å². The third-order valence-corrected chi connectivity index (χ3v) is 7.28. The van der Waals surface area contributed by atoms with Gasteiger partial charge in [0.05, 0.1) is 16.6 Å². The number of hydrogen-bond acceptors (Lipinski definition) is 7. The number of aromatic nitrogens is 2. The van der Waals surface area contributed by atoms with Gasteiger partial charge in [-0.15, -0.1) is 0 Å². The molecule has 1 N–H and O–H groups in total. The van der Waals surface area contributed by atoms with Gasteiger partial charge in [-0.1, -0.05) is 60.4 Å². The van der Waals surface area contributed by atoms with Crippen molar-refractivity contribution >= 4 is 51.7 Å². The molecule has 2 saturated heterocycles. The van der Waals surface area contributed by atoms with Crippen molar-refractivity contribution in [3.63, 3.8) is 0 Å². The van der Waals surface area contributed by atoms with Gasteiger partial charge in [0.2, 0.25) is 0 Å². The first-order valence-corrected chi connectivity index (χ1v) is 12.5. The molecule has 2 fully saturated rings. The summed E-state index contributed by atoms with van der Waals surface area (Å²) in [6, 6.07) is 15.4. The molecular weight excluding hydrogens is 468 g/mol. The lowest BCUT2D eigenvalue weighted by molar-refractivity contribution is -0.122. The highest BCUT2D eigenvalue weighted by Crippen LogP contribution is 2.33. The van der Waals surface area contributed by atoms with E-state index in [2.05, 4.69) is 10.3 Å². The van der Waals surface area contributed by atoms with E-state index in [9.17, 15) is 9.59 Å². The Balaban J connectivity index is 1.44. The molecule has 3 aromatic rings. The first-order valence-electron chi connectivity index (χ1n) is 11.3. The molecule has 2 aromatic heterocycles. The van der Waals surface area contributed by atoms with E-state index in [1.807, 2.05) is 36.4 Å². The summed E-state index contributed by atoms with van der Waals surface area (Å²) in [6.07, 6.45) is 6.08. The lowest BCUT2D eigenvalue weighted by Gasteiger charge is -2.15. The zero-order chi connectivity index (χ0) is 23.5. The van der Waals surface area contributed by atoms with Crippen molar-refractivity contribution in [3.05, 3.63) is 81.1 Å². The van der Waals surface area contributed by atoms with Crippen LogP contribution in [0.5, 0.6) is 0 Å². The van der Waals surface area contributed by atoms with E-state index in [-0.39, 0.29) is 17.6 Å². The van der Waals surface area contributed by atoms with Crippen molar-refractivity contribution in [2.24, 2.45) is 0 Å². The second kappa shape index (κ2) is 10.1. The number of benzene rings is 1. The van der Waals surface area contributed by atoms with Crippen molar-refractivity contribution in [2.75, 3.05) is 25.0 Å². The summed E-state index contributed by atoms with van der Waals surface area (Å²) in [5.41, 5.74) is 1.77. The van der Waals surface area contributed by atoms with E-state index in [0.29, 0.717) is 45.8 Å². The maximum atomic E-state index is 13.4. The van der Waals surface area contributed by atoms with Crippen LogP contribution in [-0.4, -0.2) is 50.3 Å². The molecule has 34 heavy (non-hydrogen) atoms. The van der Waals surface area contributed by atoms with Crippen LogP contribution in [0.1, 0.15) is 24.0 Å². The molecule has 4 heterocycles. The molecule has 2 aliphatic rings. The fraction of sp³-hybridized carbons (Fsp3) is 0.280. The number of rotatable bonds is 7. The van der Waals surface area contributed by atoms with Gasteiger partial charge in [-0.25, -0.2) is 4.98 Å². The molecular formula is C25H24N4O3S2. The third kappa shape index (κ3) is 4.77. The SMILES string of the molecule is O=C1/C(=C/c2c(NCC3CCCO3)nc3ccccn3c2=O)SC(=S)N1CCc1ccccc1. The summed E-state index contributed by atoms with van der Waals surface area (Å²) >= 11 is 6.71. The van der Waals surface area contributed by atoms with Crippen LogP contribution in [-0.2, 0) is 16.0 Å². The minimum absolute atomic E-state index is 0.0834. The molecule has 0 bridgehead atoms. The number of fused-ring (bicyclic) bond motifs is 1. The van der Waals surface area contributed by atoms with E-state index >= 15 is 0 Å². The molecule has 0 spiro atoms. The standard InChI is InChI=1S/C25H24N4O3S2/c30-23-19(15-20-24(31)29(25(33)34-20)13-11-17-7-2-1-3-8-17)22(26-16-18-9-6-14-32-18)27-21-10-4-5-12-28(21)23/h1-5,7-8,10,12,15,18,26H,6,9,11,13-14,16H2/b20-15-. The predicted molar refractivity (Wildman–Crippen MR) is 139 cm³/mol. The van der Waals surface area contributed by atoms with Crippen LogP contribution >= 0.6 is 24.0 Å². The summed E-state index contributed by atoms with van der Waals surface area (Å²) in [4.78, 5) is 33.2. The first kappa shape index (κ1) is 22.8. The van der Waals surface area contributed by atoms with Crippen LogP contribution in [0.15, 0.2) is 64.4 Å². The average Bonchev–Trinajstić information content (AvgIpc) is 3.47. The van der Waals surface area contributed by atoms with E-state index in [0.717, 1.165) is 25.0 Å². The highest BCUT2D eigenvalue weighted by Gasteiger charge is 2.32. The highest BCUT2D eigenvalue weighted by molar-refractivity contribution is 8.26. The Kier molecular flexibility index (Phi) is 6.75. The van der Waals surface area contributed by atoms with Gasteiger partial charge in [0, 0.05) is 25.9 Å². The van der Waals surface area contributed by atoms with Crippen molar-refractivity contribution < 1.29 is 9.53 Å². The fourth-order valence-electron chi connectivity index (χ4n) is 4.09. The van der Waals surface area contributed by atoms with Crippen LogP contribution in [0.3, 0.4) is 0 Å². The zero-order valence-electron chi connectivity index (χ0n) is 18.5. The van der Waals surface area contributed by atoms with Crippen LogP contribution in [0, 0.1) is 0 Å². The van der Waals surface area contributed by atoms with E-state index < -0.39 is 0 Å². The topological polar surface area (TPSA) is 75.9 Å². The molecule has 1 aromatic carbocycles. The second-order valence-electron chi connectivity index (χ2n) is 8.19. The molecule has 174 valence electrons. The molecule has 2 aliphatic heterocycles. The van der Waals surface area contributed by atoms with Crippen molar-refractivity contribution in [2.45, 2.75) is 25.4 Å². The molecule has 1 amide bonds. The summed E-state index contributed by atoms with van der Waals surface area (Å²) in [7, 11) is 0. The second-order valence-corrected chi connectivity index (χ2v) is 9.87. The van der Waals surface area contributed by atoms with Gasteiger partial charge in [0.15, 0.2) is 0 Å². The van der Waals surface area contributed by atoms with Crippen molar-refractivity contribution in [1.82, 2.24) is 14.3 Å². The molecule has 0 aliphatic carbocycles. The molecule has 0 radical (unpaired) electrons. The number of nitrogens with one attached hydrogen (secondary N) is 1. The Bertz CT molecular complexity index is 1320. The van der Waals surface area contributed by atoms with Crippen molar-refractivity contribution in [3.8, 4) is 0 Å². The lowest BCUT2D eigenvalue weighted by atomic mass is 10.1. The Morgan fingerprint density at radius 2 is 2.00 bits per heavy atom. The zero-order valence-corrected chi connectivity index (χ0v) is 20.1. The van der Waals surface area contributed by atoms with E-state index in [4.69, 9.17) is 17.0 Å². The van der Waals surface area contributed by atoms with E-state index in [1.165, 1.54) is 16.2 Å². The number of hydrogen-bond donors (Lipinski definition) is 1. The molecule has 1 atom stereocenters. The van der Waals surface area contributed by atoms with Gasteiger partial charge >= 0.3 is 0 Å². The quantitative estimate of drug-likeness (QED) is 0.398. The van der Waals surface area contributed by atoms with Crippen LogP contribution in [0.2, 0.25) is 0 Å².